The highest BCUT2D eigenvalue weighted by atomic mass is 16.5. The van der Waals surface area contributed by atoms with Crippen LogP contribution in [0.15, 0.2) is 22.8 Å². The Bertz CT molecular complexity index is 1090. The quantitative estimate of drug-likeness (QED) is 0.102. The number of allylic oxidation sites excluding steroid dienone is 1. The van der Waals surface area contributed by atoms with Crippen LogP contribution < -0.4 is 0 Å². The molecule has 0 amide bonds. The zero-order valence-corrected chi connectivity index (χ0v) is 29.8. The molecule has 4 nitrogen and oxygen atoms in total. The van der Waals surface area contributed by atoms with E-state index in [1.807, 2.05) is 6.26 Å². The second-order valence-corrected chi connectivity index (χ2v) is 16.5. The van der Waals surface area contributed by atoms with Crippen LogP contribution in [0.2, 0.25) is 0 Å². The fourth-order valence-corrected chi connectivity index (χ4v) is 10.7. The van der Waals surface area contributed by atoms with Gasteiger partial charge < -0.3 is 14.3 Å². The van der Waals surface area contributed by atoms with Crippen molar-refractivity contribution in [1.29, 1.82) is 0 Å². The number of fused-ring (bicyclic) bond motifs is 5. The second-order valence-electron chi connectivity index (χ2n) is 16.5. The minimum atomic E-state index is -0.861. The molecule has 260 valence electrons. The summed E-state index contributed by atoms with van der Waals surface area (Å²) in [5, 5.41) is 11.9. The molecule has 0 aromatic carbocycles. The van der Waals surface area contributed by atoms with Gasteiger partial charge in [0.2, 0.25) is 0 Å². The van der Waals surface area contributed by atoms with E-state index < -0.39 is 5.60 Å². The van der Waals surface area contributed by atoms with Crippen LogP contribution in [0.1, 0.15) is 198 Å². The fourth-order valence-electron chi connectivity index (χ4n) is 10.7. The lowest BCUT2D eigenvalue weighted by Gasteiger charge is -2.58. The van der Waals surface area contributed by atoms with Crippen molar-refractivity contribution >= 4 is 12.0 Å². The molecule has 4 aliphatic rings. The molecule has 3 fully saturated rings. The zero-order valence-electron chi connectivity index (χ0n) is 29.8. The van der Waals surface area contributed by atoms with E-state index in [0.29, 0.717) is 18.3 Å². The fraction of sp³-hybridized carbons (Fsp3) is 0.833. The summed E-state index contributed by atoms with van der Waals surface area (Å²) in [6.07, 6.45) is 39.0. The Morgan fingerprint density at radius 2 is 1.43 bits per heavy atom. The van der Waals surface area contributed by atoms with Gasteiger partial charge in [0, 0.05) is 12.0 Å². The van der Waals surface area contributed by atoms with E-state index in [1.165, 1.54) is 115 Å². The molecule has 0 radical (unpaired) electrons. The van der Waals surface area contributed by atoms with Crippen LogP contribution in [0, 0.1) is 22.7 Å². The van der Waals surface area contributed by atoms with E-state index in [4.69, 9.17) is 9.15 Å². The molecule has 1 spiro atoms. The molecule has 0 unspecified atom stereocenters. The first kappa shape index (κ1) is 35.7. The van der Waals surface area contributed by atoms with Gasteiger partial charge in [-0.15, -0.1) is 0 Å². The maximum absolute atomic E-state index is 12.7. The monoisotopic (exact) mass is 637 g/mol. The summed E-state index contributed by atoms with van der Waals surface area (Å²) in [5.74, 6) is 2.23. The van der Waals surface area contributed by atoms with Gasteiger partial charge in [-0.1, -0.05) is 135 Å². The molecule has 0 saturated heterocycles. The van der Waals surface area contributed by atoms with E-state index in [9.17, 15) is 9.90 Å². The van der Waals surface area contributed by atoms with E-state index in [1.54, 1.807) is 0 Å². The first-order valence-electron chi connectivity index (χ1n) is 20.0. The predicted octanol–water partition coefficient (Wildman–Crippen LogP) is 12.1. The molecule has 1 N–H and O–H groups in total. The highest BCUT2D eigenvalue weighted by Crippen LogP contribution is 2.71. The largest absolute Gasteiger partial charge is 0.465 e. The lowest BCUT2D eigenvalue weighted by Crippen LogP contribution is -2.49. The topological polar surface area (TPSA) is 59.7 Å². The Balaban J connectivity index is 0.879. The van der Waals surface area contributed by atoms with Gasteiger partial charge in [0.05, 0.1) is 6.26 Å². The van der Waals surface area contributed by atoms with Gasteiger partial charge >= 0.3 is 5.97 Å². The number of aliphatic hydroxyl groups is 1. The summed E-state index contributed by atoms with van der Waals surface area (Å²) < 4.78 is 11.6. The number of rotatable bonds is 22. The summed E-state index contributed by atoms with van der Waals surface area (Å²) in [6, 6.07) is 2.18. The highest BCUT2D eigenvalue weighted by molar-refractivity contribution is 5.69. The van der Waals surface area contributed by atoms with Crippen LogP contribution in [0.25, 0.3) is 6.08 Å². The van der Waals surface area contributed by atoms with Crippen molar-refractivity contribution in [3.05, 3.63) is 29.7 Å². The number of hydrogen-bond donors (Lipinski definition) is 1. The Hall–Kier alpha value is -1.55. The van der Waals surface area contributed by atoms with Crippen molar-refractivity contribution in [2.45, 2.75) is 192 Å². The summed E-state index contributed by atoms with van der Waals surface area (Å²) in [7, 11) is 0. The van der Waals surface area contributed by atoms with Crippen molar-refractivity contribution < 1.29 is 19.1 Å². The molecular formula is C42H68O4. The summed E-state index contributed by atoms with van der Waals surface area (Å²) in [5.41, 5.74) is 0.779. The molecule has 1 heterocycles. The molecule has 2 bridgehead atoms. The van der Waals surface area contributed by atoms with Crippen LogP contribution in [0.4, 0.5) is 0 Å². The molecule has 1 aromatic heterocycles. The van der Waals surface area contributed by atoms with Gasteiger partial charge in [-0.3, -0.25) is 4.79 Å². The second kappa shape index (κ2) is 17.2. The molecule has 4 aliphatic carbocycles. The predicted molar refractivity (Wildman–Crippen MR) is 190 cm³/mol. The number of unbranched alkanes of at least 4 members (excludes halogenated alkanes) is 18. The number of esters is 1. The third-order valence-electron chi connectivity index (χ3n) is 13.2. The smallest absolute Gasteiger partial charge is 0.305 e. The average molecular weight is 637 g/mol. The molecular weight excluding hydrogens is 568 g/mol. The van der Waals surface area contributed by atoms with E-state index in [2.05, 4.69) is 32.1 Å². The SMILES string of the molecule is CCCCCCCCCCCCCCCCCCCCCC(=O)OC[C@@]1(O)C[C@@]23CC[C@@H]4c5ccoc5C=C[C@@]4(C)[C@@H]2CC[C@@H]1C3. The Kier molecular flexibility index (Phi) is 13.4. The van der Waals surface area contributed by atoms with Crippen LogP contribution in [0.3, 0.4) is 0 Å². The Morgan fingerprint density at radius 3 is 2.04 bits per heavy atom. The maximum Gasteiger partial charge on any atom is 0.305 e. The molecule has 6 atom stereocenters. The van der Waals surface area contributed by atoms with Crippen LogP contribution >= 0.6 is 0 Å². The number of carbonyl (C=O) groups is 1. The number of ether oxygens (including phenoxy) is 1. The number of furan rings is 1. The molecule has 0 aliphatic heterocycles. The van der Waals surface area contributed by atoms with Gasteiger partial charge in [-0.2, -0.15) is 0 Å². The number of hydrogen-bond acceptors (Lipinski definition) is 4. The zero-order chi connectivity index (χ0) is 32.3. The normalized spacial score (nSPS) is 31.0. The Labute approximate surface area is 281 Å². The summed E-state index contributed by atoms with van der Waals surface area (Å²) >= 11 is 0. The average Bonchev–Trinajstić information content (AvgIpc) is 3.60. The van der Waals surface area contributed by atoms with Crippen molar-refractivity contribution in [1.82, 2.24) is 0 Å². The van der Waals surface area contributed by atoms with Crippen LogP contribution in [0.5, 0.6) is 0 Å². The molecule has 46 heavy (non-hydrogen) atoms. The lowest BCUT2D eigenvalue weighted by atomic mass is 9.46. The summed E-state index contributed by atoms with van der Waals surface area (Å²) in [6.45, 7) is 4.93. The summed E-state index contributed by atoms with van der Waals surface area (Å²) in [4.78, 5) is 12.7. The molecule has 4 heteroatoms. The Morgan fingerprint density at radius 1 is 0.848 bits per heavy atom. The van der Waals surface area contributed by atoms with Crippen LogP contribution in [-0.4, -0.2) is 23.3 Å². The van der Waals surface area contributed by atoms with Crippen LogP contribution in [-0.2, 0) is 9.53 Å². The first-order chi connectivity index (χ1) is 22.4. The van der Waals surface area contributed by atoms with E-state index in [0.717, 1.165) is 57.1 Å². The first-order valence-corrected chi connectivity index (χ1v) is 20.0. The van der Waals surface area contributed by atoms with Gasteiger partial charge in [0.1, 0.15) is 18.0 Å². The van der Waals surface area contributed by atoms with Gasteiger partial charge in [-0.05, 0) is 85.7 Å². The minimum absolute atomic E-state index is 0.106. The van der Waals surface area contributed by atoms with E-state index >= 15 is 0 Å². The molecule has 5 rings (SSSR count). The van der Waals surface area contributed by atoms with E-state index in [-0.39, 0.29) is 29.3 Å². The van der Waals surface area contributed by atoms with Gasteiger partial charge in [0.25, 0.3) is 0 Å². The standard InChI is InChI=1S/C42H68O4/c1-3-4-5-6-7-8-9-10-11-12-13-14-15-16-17-18-19-20-21-22-39(43)46-33-42(44)32-41-29-25-36-35-27-30-45-37(35)26-28-40(36,2)38(41)24-23-34(42)31-41/h26-28,30,34,36,38,44H,3-25,29,31-33H2,1-2H3/t34-,36-,38+,40-,41+,42+/m1/s1. The van der Waals surface area contributed by atoms with Crippen molar-refractivity contribution in [3.63, 3.8) is 0 Å². The third-order valence-corrected chi connectivity index (χ3v) is 13.2. The number of carbonyl (C=O) groups excluding carboxylic acids is 1. The minimum Gasteiger partial charge on any atom is -0.465 e. The maximum atomic E-state index is 12.7. The third kappa shape index (κ3) is 8.72. The van der Waals surface area contributed by atoms with Gasteiger partial charge in [-0.25, -0.2) is 0 Å². The van der Waals surface area contributed by atoms with Crippen molar-refractivity contribution in [2.75, 3.05) is 6.61 Å². The highest BCUT2D eigenvalue weighted by Gasteiger charge is 2.65. The lowest BCUT2D eigenvalue weighted by molar-refractivity contribution is -0.154. The molecule has 3 saturated carbocycles. The van der Waals surface area contributed by atoms with Crippen molar-refractivity contribution in [3.8, 4) is 0 Å². The van der Waals surface area contributed by atoms with Crippen molar-refractivity contribution in [2.24, 2.45) is 22.7 Å². The molecule has 1 aromatic rings. The van der Waals surface area contributed by atoms with Gasteiger partial charge in [0.15, 0.2) is 0 Å².